The molecule has 1 aromatic carbocycles. The fraction of sp³-hybridized carbons (Fsp3) is 0.647. The third-order valence-electron chi connectivity index (χ3n) is 4.11. The molecule has 1 heterocycles. The number of unbranched alkanes of at least 4 members (excludes halogenated alkanes) is 2. The maximum Gasteiger partial charge on any atom is 0.0367 e. The first-order valence-electron chi connectivity index (χ1n) is 8.23. The van der Waals surface area contributed by atoms with Gasteiger partial charge in [-0.25, -0.2) is 0 Å². The van der Waals surface area contributed by atoms with Crippen molar-refractivity contribution in [2.24, 2.45) is 5.73 Å². The molecule has 0 saturated carbocycles. The summed E-state index contributed by atoms with van der Waals surface area (Å²) in [6, 6.07) is 9.08. The summed E-state index contributed by atoms with van der Waals surface area (Å²) in [6.45, 7) is 7.41. The molecule has 1 saturated heterocycles. The molecular formula is C17H30N4. The van der Waals surface area contributed by atoms with E-state index in [0.29, 0.717) is 0 Å². The molecule has 0 spiro atoms. The van der Waals surface area contributed by atoms with Gasteiger partial charge in [0.15, 0.2) is 0 Å². The third kappa shape index (κ3) is 5.65. The van der Waals surface area contributed by atoms with Crippen LogP contribution in [0.4, 0.5) is 5.69 Å². The average Bonchev–Trinajstić information content (AvgIpc) is 2.53. The highest BCUT2D eigenvalue weighted by Gasteiger charge is 2.10. The summed E-state index contributed by atoms with van der Waals surface area (Å²) >= 11 is 0. The van der Waals surface area contributed by atoms with E-state index in [-0.39, 0.29) is 0 Å². The molecule has 118 valence electrons. The summed E-state index contributed by atoms with van der Waals surface area (Å²) in [6.07, 6.45) is 3.63. The lowest BCUT2D eigenvalue weighted by Gasteiger charge is -2.29. The lowest BCUT2D eigenvalue weighted by molar-refractivity contribution is 0.317. The van der Waals surface area contributed by atoms with E-state index in [1.807, 2.05) is 0 Å². The lowest BCUT2D eigenvalue weighted by atomic mass is 10.1. The summed E-state index contributed by atoms with van der Waals surface area (Å²) in [5.41, 5.74) is 8.27. The molecule has 0 aromatic heterocycles. The highest BCUT2D eigenvalue weighted by Crippen LogP contribution is 2.16. The molecule has 0 bridgehead atoms. The van der Waals surface area contributed by atoms with Crippen LogP contribution in [0.25, 0.3) is 0 Å². The fourth-order valence-corrected chi connectivity index (χ4v) is 2.83. The van der Waals surface area contributed by atoms with Crippen molar-refractivity contribution in [3.63, 3.8) is 0 Å². The standard InChI is InChI=1S/C17H30N4/c1-20(12-4-2-3-9-18)15-16-5-7-17(8-6-16)21-13-10-19-11-14-21/h5-8,19H,2-4,9-15,18H2,1H3. The van der Waals surface area contributed by atoms with Crippen LogP contribution in [0.5, 0.6) is 0 Å². The molecular weight excluding hydrogens is 260 g/mol. The van der Waals surface area contributed by atoms with Crippen molar-refractivity contribution in [1.29, 1.82) is 0 Å². The number of nitrogens with one attached hydrogen (secondary N) is 1. The number of piperazine rings is 1. The summed E-state index contributed by atoms with van der Waals surface area (Å²) in [5, 5.41) is 3.39. The quantitative estimate of drug-likeness (QED) is 0.715. The molecule has 3 N–H and O–H groups in total. The zero-order chi connectivity index (χ0) is 14.9. The van der Waals surface area contributed by atoms with Crippen molar-refractivity contribution in [2.75, 3.05) is 51.2 Å². The maximum absolute atomic E-state index is 5.52. The minimum absolute atomic E-state index is 0.817. The van der Waals surface area contributed by atoms with E-state index in [0.717, 1.165) is 52.2 Å². The van der Waals surface area contributed by atoms with E-state index >= 15 is 0 Å². The van der Waals surface area contributed by atoms with Gasteiger partial charge < -0.3 is 20.9 Å². The zero-order valence-electron chi connectivity index (χ0n) is 13.4. The Bertz CT molecular complexity index is 384. The molecule has 1 aromatic rings. The summed E-state index contributed by atoms with van der Waals surface area (Å²) in [7, 11) is 2.20. The van der Waals surface area contributed by atoms with Gasteiger partial charge in [-0.05, 0) is 50.7 Å². The number of hydrogen-bond acceptors (Lipinski definition) is 4. The van der Waals surface area contributed by atoms with Crippen LogP contribution in [-0.2, 0) is 6.54 Å². The van der Waals surface area contributed by atoms with Crippen molar-refractivity contribution in [2.45, 2.75) is 25.8 Å². The van der Waals surface area contributed by atoms with Crippen LogP contribution < -0.4 is 16.0 Å². The fourth-order valence-electron chi connectivity index (χ4n) is 2.83. The second-order valence-corrected chi connectivity index (χ2v) is 5.99. The largest absolute Gasteiger partial charge is 0.369 e. The van der Waals surface area contributed by atoms with Gasteiger partial charge >= 0.3 is 0 Å². The summed E-state index contributed by atoms with van der Waals surface area (Å²) in [5.74, 6) is 0. The Morgan fingerprint density at radius 1 is 1.10 bits per heavy atom. The molecule has 21 heavy (non-hydrogen) atoms. The Labute approximate surface area is 129 Å². The molecule has 4 nitrogen and oxygen atoms in total. The SMILES string of the molecule is CN(CCCCCN)Cc1ccc(N2CCNCC2)cc1. The van der Waals surface area contributed by atoms with E-state index in [9.17, 15) is 0 Å². The van der Waals surface area contributed by atoms with Gasteiger partial charge in [-0.15, -0.1) is 0 Å². The minimum Gasteiger partial charge on any atom is -0.369 e. The van der Waals surface area contributed by atoms with Crippen LogP contribution in [0.1, 0.15) is 24.8 Å². The Hall–Kier alpha value is -1.10. The Morgan fingerprint density at radius 3 is 2.48 bits per heavy atom. The first kappa shape index (κ1) is 16.3. The number of benzene rings is 1. The first-order chi connectivity index (χ1) is 10.3. The van der Waals surface area contributed by atoms with E-state index in [4.69, 9.17) is 5.73 Å². The van der Waals surface area contributed by atoms with Crippen molar-refractivity contribution in [3.05, 3.63) is 29.8 Å². The van der Waals surface area contributed by atoms with Gasteiger partial charge in [-0.1, -0.05) is 18.6 Å². The van der Waals surface area contributed by atoms with Gasteiger partial charge in [0.05, 0.1) is 0 Å². The van der Waals surface area contributed by atoms with E-state index in [2.05, 4.69) is 46.4 Å². The van der Waals surface area contributed by atoms with Crippen LogP contribution >= 0.6 is 0 Å². The molecule has 1 fully saturated rings. The Kier molecular flexibility index (Phi) is 7.00. The molecule has 0 radical (unpaired) electrons. The van der Waals surface area contributed by atoms with Crippen molar-refractivity contribution in [3.8, 4) is 0 Å². The van der Waals surface area contributed by atoms with Gasteiger partial charge in [0.2, 0.25) is 0 Å². The van der Waals surface area contributed by atoms with E-state index in [1.54, 1.807) is 0 Å². The van der Waals surface area contributed by atoms with Crippen LogP contribution in [0.2, 0.25) is 0 Å². The highest BCUT2D eigenvalue weighted by atomic mass is 15.2. The Morgan fingerprint density at radius 2 is 1.81 bits per heavy atom. The number of rotatable bonds is 8. The van der Waals surface area contributed by atoms with Gasteiger partial charge in [0.1, 0.15) is 0 Å². The van der Waals surface area contributed by atoms with Gasteiger partial charge in [-0.3, -0.25) is 0 Å². The monoisotopic (exact) mass is 290 g/mol. The van der Waals surface area contributed by atoms with Gasteiger partial charge in [-0.2, -0.15) is 0 Å². The Balaban J connectivity index is 1.76. The molecule has 4 heteroatoms. The predicted molar refractivity (Wildman–Crippen MR) is 90.8 cm³/mol. The van der Waals surface area contributed by atoms with Gasteiger partial charge in [0, 0.05) is 38.4 Å². The second kappa shape index (κ2) is 9.03. The van der Waals surface area contributed by atoms with Crippen molar-refractivity contribution >= 4 is 5.69 Å². The van der Waals surface area contributed by atoms with Crippen molar-refractivity contribution < 1.29 is 0 Å². The molecule has 1 aliphatic rings. The normalized spacial score (nSPS) is 15.7. The average molecular weight is 290 g/mol. The molecule has 0 aliphatic carbocycles. The first-order valence-corrected chi connectivity index (χ1v) is 8.23. The van der Waals surface area contributed by atoms with Crippen LogP contribution in [0, 0.1) is 0 Å². The highest BCUT2D eigenvalue weighted by molar-refractivity contribution is 5.48. The maximum atomic E-state index is 5.52. The second-order valence-electron chi connectivity index (χ2n) is 5.99. The number of nitrogens with two attached hydrogens (primary N) is 1. The minimum atomic E-state index is 0.817. The zero-order valence-corrected chi connectivity index (χ0v) is 13.4. The van der Waals surface area contributed by atoms with Gasteiger partial charge in [0.25, 0.3) is 0 Å². The molecule has 2 rings (SSSR count). The lowest BCUT2D eigenvalue weighted by Crippen LogP contribution is -2.43. The number of nitrogens with zero attached hydrogens (tertiary/aromatic N) is 2. The summed E-state index contributed by atoms with van der Waals surface area (Å²) < 4.78 is 0. The number of anilines is 1. The molecule has 0 atom stereocenters. The molecule has 0 amide bonds. The topological polar surface area (TPSA) is 44.5 Å². The van der Waals surface area contributed by atoms with Crippen LogP contribution in [0.3, 0.4) is 0 Å². The van der Waals surface area contributed by atoms with E-state index in [1.165, 1.54) is 24.1 Å². The van der Waals surface area contributed by atoms with Crippen LogP contribution in [-0.4, -0.2) is 51.2 Å². The molecule has 1 aliphatic heterocycles. The molecule has 0 unspecified atom stereocenters. The van der Waals surface area contributed by atoms with E-state index < -0.39 is 0 Å². The smallest absolute Gasteiger partial charge is 0.0367 e. The van der Waals surface area contributed by atoms with Crippen LogP contribution in [0.15, 0.2) is 24.3 Å². The summed E-state index contributed by atoms with van der Waals surface area (Å²) in [4.78, 5) is 4.85. The number of hydrogen-bond donors (Lipinski definition) is 2. The predicted octanol–water partition coefficient (Wildman–Crippen LogP) is 1.66. The third-order valence-corrected chi connectivity index (χ3v) is 4.11. The van der Waals surface area contributed by atoms with Crippen molar-refractivity contribution in [1.82, 2.24) is 10.2 Å².